The first-order valence-electron chi connectivity index (χ1n) is 7.67. The summed E-state index contributed by atoms with van der Waals surface area (Å²) in [5.41, 5.74) is 1.28. The minimum Gasteiger partial charge on any atom is -0.491 e. The van der Waals surface area contributed by atoms with Crippen LogP contribution in [-0.4, -0.2) is 18.2 Å². The fourth-order valence-electron chi connectivity index (χ4n) is 2.06. The van der Waals surface area contributed by atoms with E-state index in [-0.39, 0.29) is 18.1 Å². The molecule has 0 aromatic heterocycles. The number of nitrogens with one attached hydrogen (secondary N) is 1. The van der Waals surface area contributed by atoms with E-state index in [1.807, 2.05) is 13.8 Å². The third-order valence-electron chi connectivity index (χ3n) is 3.10. The summed E-state index contributed by atoms with van der Waals surface area (Å²) in [7, 11) is 0. The van der Waals surface area contributed by atoms with Crippen LogP contribution >= 0.6 is 0 Å². The lowest BCUT2D eigenvalue weighted by Crippen LogP contribution is -2.12. The molecule has 2 rings (SSSR count). The van der Waals surface area contributed by atoms with Gasteiger partial charge in [0.15, 0.2) is 0 Å². The SMILES string of the molecule is CC(C)Oc1cccc(NC(=O)c2ccc(C=CC(F)(F)F)cc2)c1. The van der Waals surface area contributed by atoms with Crippen LogP contribution in [-0.2, 0) is 0 Å². The van der Waals surface area contributed by atoms with Crippen molar-refractivity contribution in [2.24, 2.45) is 0 Å². The zero-order valence-corrected chi connectivity index (χ0v) is 13.8. The number of carbonyl (C=O) groups excluding carboxylic acids is 1. The Hall–Kier alpha value is -2.76. The molecule has 0 aliphatic heterocycles. The molecule has 2 aromatic carbocycles. The van der Waals surface area contributed by atoms with Gasteiger partial charge in [-0.2, -0.15) is 13.2 Å². The second-order valence-corrected chi connectivity index (χ2v) is 5.65. The molecule has 2 aromatic rings. The normalized spacial score (nSPS) is 11.8. The zero-order chi connectivity index (χ0) is 18.4. The summed E-state index contributed by atoms with van der Waals surface area (Å²) in [6, 6.07) is 12.8. The van der Waals surface area contributed by atoms with Gasteiger partial charge in [0.1, 0.15) is 5.75 Å². The molecule has 0 saturated carbocycles. The largest absolute Gasteiger partial charge is 0.491 e. The smallest absolute Gasteiger partial charge is 0.409 e. The maximum atomic E-state index is 12.2. The fraction of sp³-hybridized carbons (Fsp3) is 0.211. The van der Waals surface area contributed by atoms with Crippen LogP contribution in [0.5, 0.6) is 5.75 Å². The van der Waals surface area contributed by atoms with E-state index in [1.54, 1.807) is 24.3 Å². The van der Waals surface area contributed by atoms with Crippen LogP contribution in [0.25, 0.3) is 6.08 Å². The summed E-state index contributed by atoms with van der Waals surface area (Å²) in [5.74, 6) is 0.286. The van der Waals surface area contributed by atoms with Gasteiger partial charge in [-0.1, -0.05) is 24.3 Å². The number of allylic oxidation sites excluding steroid dienone is 1. The molecule has 1 amide bonds. The molecule has 0 heterocycles. The van der Waals surface area contributed by atoms with Crippen LogP contribution in [0.4, 0.5) is 18.9 Å². The summed E-state index contributed by atoms with van der Waals surface area (Å²) >= 11 is 0. The molecule has 0 saturated heterocycles. The summed E-state index contributed by atoms with van der Waals surface area (Å²) in [5, 5.41) is 2.73. The van der Waals surface area contributed by atoms with Crippen molar-refractivity contribution in [1.29, 1.82) is 0 Å². The quantitative estimate of drug-likeness (QED) is 0.795. The number of alkyl halides is 3. The Balaban J connectivity index is 2.05. The predicted molar refractivity (Wildman–Crippen MR) is 91.7 cm³/mol. The Morgan fingerprint density at radius 1 is 1.12 bits per heavy atom. The van der Waals surface area contributed by atoms with Crippen molar-refractivity contribution in [3.63, 3.8) is 0 Å². The van der Waals surface area contributed by atoms with Gasteiger partial charge in [0, 0.05) is 23.4 Å². The average Bonchev–Trinajstić information content (AvgIpc) is 2.52. The number of halogens is 3. The lowest BCUT2D eigenvalue weighted by atomic mass is 10.1. The van der Waals surface area contributed by atoms with Gasteiger partial charge in [0.05, 0.1) is 6.10 Å². The molecule has 0 fully saturated rings. The molecule has 0 aliphatic carbocycles. The van der Waals surface area contributed by atoms with E-state index in [0.717, 1.165) is 6.08 Å². The Bertz CT molecular complexity index is 750. The maximum absolute atomic E-state index is 12.2. The van der Waals surface area contributed by atoms with Gasteiger partial charge < -0.3 is 10.1 Å². The fourth-order valence-corrected chi connectivity index (χ4v) is 2.06. The average molecular weight is 349 g/mol. The Labute approximate surface area is 144 Å². The first kappa shape index (κ1) is 18.6. The van der Waals surface area contributed by atoms with Crippen LogP contribution in [0.2, 0.25) is 0 Å². The third kappa shape index (κ3) is 6.33. The van der Waals surface area contributed by atoms with E-state index < -0.39 is 6.18 Å². The van der Waals surface area contributed by atoms with Gasteiger partial charge in [0.25, 0.3) is 5.91 Å². The minimum absolute atomic E-state index is 0.0169. The summed E-state index contributed by atoms with van der Waals surface area (Å²) < 4.78 is 42.0. The van der Waals surface area contributed by atoms with E-state index in [4.69, 9.17) is 4.74 Å². The molecule has 0 bridgehead atoms. The standard InChI is InChI=1S/C19H18F3NO2/c1-13(2)25-17-5-3-4-16(12-17)23-18(24)15-8-6-14(7-9-15)10-11-19(20,21)22/h3-13H,1-2H3,(H,23,24). The number of anilines is 1. The molecule has 132 valence electrons. The molecule has 3 nitrogen and oxygen atoms in total. The second-order valence-electron chi connectivity index (χ2n) is 5.65. The van der Waals surface area contributed by atoms with Crippen LogP contribution in [0.15, 0.2) is 54.6 Å². The lowest BCUT2D eigenvalue weighted by molar-refractivity contribution is -0.0790. The van der Waals surface area contributed by atoms with Crippen molar-refractivity contribution in [2.75, 3.05) is 5.32 Å². The van der Waals surface area contributed by atoms with Gasteiger partial charge in [-0.05, 0) is 43.7 Å². The van der Waals surface area contributed by atoms with Crippen molar-refractivity contribution >= 4 is 17.7 Å². The highest BCUT2D eigenvalue weighted by atomic mass is 19.4. The first-order chi connectivity index (χ1) is 11.7. The molecular weight excluding hydrogens is 331 g/mol. The van der Waals surface area contributed by atoms with Gasteiger partial charge >= 0.3 is 6.18 Å². The molecule has 0 atom stereocenters. The number of rotatable bonds is 5. The highest BCUT2D eigenvalue weighted by molar-refractivity contribution is 6.04. The molecule has 25 heavy (non-hydrogen) atoms. The number of ether oxygens (including phenoxy) is 1. The number of benzene rings is 2. The summed E-state index contributed by atoms with van der Waals surface area (Å²) in [4.78, 5) is 12.2. The van der Waals surface area contributed by atoms with Crippen molar-refractivity contribution in [2.45, 2.75) is 26.1 Å². The van der Waals surface area contributed by atoms with Gasteiger partial charge in [0.2, 0.25) is 0 Å². The van der Waals surface area contributed by atoms with Crippen LogP contribution in [0.3, 0.4) is 0 Å². The minimum atomic E-state index is -4.36. The van der Waals surface area contributed by atoms with Crippen LogP contribution in [0, 0.1) is 0 Å². The van der Waals surface area contributed by atoms with Gasteiger partial charge in [-0.15, -0.1) is 0 Å². The van der Waals surface area contributed by atoms with Crippen molar-refractivity contribution in [1.82, 2.24) is 0 Å². The molecule has 6 heteroatoms. The summed E-state index contributed by atoms with van der Waals surface area (Å²) in [6.45, 7) is 3.81. The number of amides is 1. The molecule has 0 spiro atoms. The molecule has 1 N–H and O–H groups in total. The molecule has 0 radical (unpaired) electrons. The summed E-state index contributed by atoms with van der Waals surface area (Å²) in [6.07, 6.45) is -3.24. The molecule has 0 unspecified atom stereocenters. The topological polar surface area (TPSA) is 38.3 Å². The van der Waals surface area contributed by atoms with Crippen LogP contribution < -0.4 is 10.1 Å². The first-order valence-corrected chi connectivity index (χ1v) is 7.67. The van der Waals surface area contributed by atoms with E-state index in [1.165, 1.54) is 24.3 Å². The van der Waals surface area contributed by atoms with Crippen LogP contribution in [0.1, 0.15) is 29.8 Å². The second kappa shape index (κ2) is 7.88. The molecular formula is C19H18F3NO2. The zero-order valence-electron chi connectivity index (χ0n) is 13.8. The number of hydrogen-bond donors (Lipinski definition) is 1. The Morgan fingerprint density at radius 2 is 1.80 bits per heavy atom. The lowest BCUT2D eigenvalue weighted by Gasteiger charge is -2.11. The van der Waals surface area contributed by atoms with E-state index >= 15 is 0 Å². The predicted octanol–water partition coefficient (Wildman–Crippen LogP) is 5.30. The number of hydrogen-bond acceptors (Lipinski definition) is 2. The maximum Gasteiger partial charge on any atom is 0.409 e. The van der Waals surface area contributed by atoms with E-state index in [2.05, 4.69) is 5.32 Å². The highest BCUT2D eigenvalue weighted by Gasteiger charge is 2.21. The van der Waals surface area contributed by atoms with Crippen molar-refractivity contribution in [3.8, 4) is 5.75 Å². The van der Waals surface area contributed by atoms with Crippen molar-refractivity contribution in [3.05, 3.63) is 65.7 Å². The van der Waals surface area contributed by atoms with E-state index in [0.29, 0.717) is 22.6 Å². The van der Waals surface area contributed by atoms with Gasteiger partial charge in [-0.25, -0.2) is 0 Å². The highest BCUT2D eigenvalue weighted by Crippen LogP contribution is 2.20. The van der Waals surface area contributed by atoms with E-state index in [9.17, 15) is 18.0 Å². The monoisotopic (exact) mass is 349 g/mol. The molecule has 0 aliphatic rings. The van der Waals surface area contributed by atoms with Crippen molar-refractivity contribution < 1.29 is 22.7 Å². The Morgan fingerprint density at radius 3 is 2.40 bits per heavy atom. The Kier molecular flexibility index (Phi) is 5.85. The number of carbonyl (C=O) groups is 1. The van der Waals surface area contributed by atoms with Gasteiger partial charge in [-0.3, -0.25) is 4.79 Å². The third-order valence-corrected chi connectivity index (χ3v) is 3.10.